The smallest absolute Gasteiger partial charge is 0.335 e. The van der Waals surface area contributed by atoms with E-state index in [9.17, 15) is 4.79 Å². The summed E-state index contributed by atoms with van der Waals surface area (Å²) in [6.07, 6.45) is 2.58. The van der Waals surface area contributed by atoms with E-state index in [2.05, 4.69) is 26.1 Å². The van der Waals surface area contributed by atoms with E-state index in [0.717, 1.165) is 25.1 Å². The van der Waals surface area contributed by atoms with Gasteiger partial charge in [-0.15, -0.1) is 0 Å². The van der Waals surface area contributed by atoms with Crippen LogP contribution in [0.15, 0.2) is 24.3 Å². The van der Waals surface area contributed by atoms with Gasteiger partial charge in [0.1, 0.15) is 0 Å². The number of hydrogen-bond acceptors (Lipinski definition) is 3. The Labute approximate surface area is 132 Å². The summed E-state index contributed by atoms with van der Waals surface area (Å²) in [5, 5.41) is 12.5. The van der Waals surface area contributed by atoms with Crippen LogP contribution in [-0.2, 0) is 11.3 Å². The highest BCUT2D eigenvalue weighted by Gasteiger charge is 2.34. The first kappa shape index (κ1) is 17.0. The fourth-order valence-electron chi connectivity index (χ4n) is 3.23. The van der Waals surface area contributed by atoms with Crippen molar-refractivity contribution >= 4 is 5.97 Å². The summed E-state index contributed by atoms with van der Waals surface area (Å²) in [7, 11) is 0. The zero-order valence-corrected chi connectivity index (χ0v) is 13.8. The molecule has 0 aromatic heterocycles. The zero-order chi connectivity index (χ0) is 16.2. The van der Waals surface area contributed by atoms with Crippen LogP contribution >= 0.6 is 0 Å². The van der Waals surface area contributed by atoms with Gasteiger partial charge in [-0.25, -0.2) is 4.79 Å². The SMILES string of the molecule is CC(C)(C)C1OCCCC1CNCc1cccc(C(=O)O)c1. The molecule has 1 heterocycles. The van der Waals surface area contributed by atoms with Crippen molar-refractivity contribution in [1.29, 1.82) is 0 Å². The maximum absolute atomic E-state index is 11.0. The summed E-state index contributed by atoms with van der Waals surface area (Å²) in [6.45, 7) is 9.14. The molecule has 22 heavy (non-hydrogen) atoms. The molecule has 0 spiro atoms. The van der Waals surface area contributed by atoms with Gasteiger partial charge in [-0.3, -0.25) is 0 Å². The molecule has 0 bridgehead atoms. The van der Waals surface area contributed by atoms with Crippen LogP contribution in [0, 0.1) is 11.3 Å². The summed E-state index contributed by atoms with van der Waals surface area (Å²) in [5.74, 6) is -0.369. The predicted molar refractivity (Wildman–Crippen MR) is 87.0 cm³/mol. The van der Waals surface area contributed by atoms with Gasteiger partial charge in [0.2, 0.25) is 0 Å². The number of benzene rings is 1. The third kappa shape index (κ3) is 4.55. The van der Waals surface area contributed by atoms with E-state index < -0.39 is 5.97 Å². The summed E-state index contributed by atoms with van der Waals surface area (Å²) in [4.78, 5) is 11.0. The molecule has 4 nitrogen and oxygen atoms in total. The average molecular weight is 305 g/mol. The van der Waals surface area contributed by atoms with Crippen LogP contribution in [-0.4, -0.2) is 30.3 Å². The lowest BCUT2D eigenvalue weighted by atomic mass is 9.78. The Morgan fingerprint density at radius 1 is 1.41 bits per heavy atom. The van der Waals surface area contributed by atoms with Crippen molar-refractivity contribution in [3.05, 3.63) is 35.4 Å². The number of carbonyl (C=O) groups is 1. The Morgan fingerprint density at radius 2 is 2.18 bits per heavy atom. The molecule has 4 heteroatoms. The van der Waals surface area contributed by atoms with Gasteiger partial charge in [-0.1, -0.05) is 32.9 Å². The summed E-state index contributed by atoms with van der Waals surface area (Å²) >= 11 is 0. The fourth-order valence-corrected chi connectivity index (χ4v) is 3.23. The number of ether oxygens (including phenoxy) is 1. The molecule has 2 unspecified atom stereocenters. The molecule has 2 atom stereocenters. The molecular weight excluding hydrogens is 278 g/mol. The van der Waals surface area contributed by atoms with Gasteiger partial charge in [-0.2, -0.15) is 0 Å². The minimum absolute atomic E-state index is 0.149. The van der Waals surface area contributed by atoms with Crippen molar-refractivity contribution in [3.8, 4) is 0 Å². The number of rotatable bonds is 5. The normalized spacial score (nSPS) is 22.5. The molecule has 1 fully saturated rings. The average Bonchev–Trinajstić information content (AvgIpc) is 2.47. The van der Waals surface area contributed by atoms with E-state index in [1.165, 1.54) is 6.42 Å². The van der Waals surface area contributed by atoms with Crippen LogP contribution in [0.4, 0.5) is 0 Å². The van der Waals surface area contributed by atoms with E-state index in [0.29, 0.717) is 18.0 Å². The number of nitrogens with one attached hydrogen (secondary N) is 1. The first-order valence-electron chi connectivity index (χ1n) is 8.02. The highest BCUT2D eigenvalue weighted by molar-refractivity contribution is 5.87. The second kappa shape index (κ2) is 7.25. The highest BCUT2D eigenvalue weighted by Crippen LogP contribution is 2.33. The molecule has 0 amide bonds. The molecule has 2 N–H and O–H groups in total. The lowest BCUT2D eigenvalue weighted by molar-refractivity contribution is -0.0845. The van der Waals surface area contributed by atoms with Crippen LogP contribution in [0.5, 0.6) is 0 Å². The number of carboxylic acids is 1. The van der Waals surface area contributed by atoms with Crippen LogP contribution in [0.25, 0.3) is 0 Å². The number of aromatic carboxylic acids is 1. The van der Waals surface area contributed by atoms with Crippen molar-refractivity contribution in [1.82, 2.24) is 5.32 Å². The third-order valence-electron chi connectivity index (χ3n) is 4.21. The minimum Gasteiger partial charge on any atom is -0.478 e. The van der Waals surface area contributed by atoms with Gasteiger partial charge in [0.15, 0.2) is 0 Å². The molecule has 1 aromatic rings. The largest absolute Gasteiger partial charge is 0.478 e. The lowest BCUT2D eigenvalue weighted by Gasteiger charge is -2.40. The van der Waals surface area contributed by atoms with Gasteiger partial charge < -0.3 is 15.2 Å². The van der Waals surface area contributed by atoms with Crippen LogP contribution < -0.4 is 5.32 Å². The van der Waals surface area contributed by atoms with E-state index in [1.807, 2.05) is 6.07 Å². The topological polar surface area (TPSA) is 58.6 Å². The van der Waals surface area contributed by atoms with Crippen molar-refractivity contribution in [3.63, 3.8) is 0 Å². The van der Waals surface area contributed by atoms with Gasteiger partial charge in [-0.05, 0) is 41.9 Å². The van der Waals surface area contributed by atoms with Gasteiger partial charge in [0.25, 0.3) is 0 Å². The van der Waals surface area contributed by atoms with Crippen molar-refractivity contribution in [2.75, 3.05) is 13.2 Å². The zero-order valence-electron chi connectivity index (χ0n) is 13.8. The van der Waals surface area contributed by atoms with Gasteiger partial charge in [0, 0.05) is 19.7 Å². The standard InChI is InChI=1S/C18H27NO3/c1-18(2,3)16-15(8-5-9-22-16)12-19-11-13-6-4-7-14(10-13)17(20)21/h4,6-7,10,15-16,19H,5,8-9,11-12H2,1-3H3,(H,20,21). The number of carboxylic acid groups (broad SMARTS) is 1. The predicted octanol–water partition coefficient (Wildman–Crippen LogP) is 3.32. The second-order valence-electron chi connectivity index (χ2n) is 7.20. The Morgan fingerprint density at radius 3 is 2.86 bits per heavy atom. The van der Waals surface area contributed by atoms with E-state index in [4.69, 9.17) is 9.84 Å². The molecule has 0 aliphatic carbocycles. The van der Waals surface area contributed by atoms with Crippen molar-refractivity contribution in [2.45, 2.75) is 46.3 Å². The summed E-state index contributed by atoms with van der Waals surface area (Å²) < 4.78 is 5.99. The summed E-state index contributed by atoms with van der Waals surface area (Å²) in [5.41, 5.74) is 1.49. The maximum atomic E-state index is 11.0. The van der Waals surface area contributed by atoms with Crippen LogP contribution in [0.2, 0.25) is 0 Å². The fraction of sp³-hybridized carbons (Fsp3) is 0.611. The van der Waals surface area contributed by atoms with E-state index >= 15 is 0 Å². The van der Waals surface area contributed by atoms with Crippen molar-refractivity contribution < 1.29 is 14.6 Å². The molecule has 1 aliphatic rings. The van der Waals surface area contributed by atoms with Crippen LogP contribution in [0.1, 0.15) is 49.5 Å². The Kier molecular flexibility index (Phi) is 5.59. The van der Waals surface area contributed by atoms with Gasteiger partial charge in [0.05, 0.1) is 11.7 Å². The first-order valence-corrected chi connectivity index (χ1v) is 8.02. The highest BCUT2D eigenvalue weighted by atomic mass is 16.5. The van der Waals surface area contributed by atoms with Gasteiger partial charge >= 0.3 is 5.97 Å². The molecule has 0 saturated carbocycles. The quantitative estimate of drug-likeness (QED) is 0.876. The molecule has 122 valence electrons. The maximum Gasteiger partial charge on any atom is 0.335 e. The molecular formula is C18H27NO3. The Hall–Kier alpha value is -1.39. The third-order valence-corrected chi connectivity index (χ3v) is 4.21. The number of hydrogen-bond donors (Lipinski definition) is 2. The summed E-state index contributed by atoms with van der Waals surface area (Å²) in [6, 6.07) is 7.10. The lowest BCUT2D eigenvalue weighted by Crippen LogP contribution is -2.44. The Balaban J connectivity index is 1.89. The van der Waals surface area contributed by atoms with E-state index in [-0.39, 0.29) is 11.5 Å². The second-order valence-corrected chi connectivity index (χ2v) is 7.20. The molecule has 0 radical (unpaired) electrons. The monoisotopic (exact) mass is 305 g/mol. The van der Waals surface area contributed by atoms with E-state index in [1.54, 1.807) is 18.2 Å². The molecule has 1 aliphatic heterocycles. The minimum atomic E-state index is -0.879. The first-order chi connectivity index (χ1) is 10.4. The van der Waals surface area contributed by atoms with Crippen molar-refractivity contribution in [2.24, 2.45) is 11.3 Å². The van der Waals surface area contributed by atoms with Crippen LogP contribution in [0.3, 0.4) is 0 Å². The molecule has 1 saturated heterocycles. The molecule has 1 aromatic carbocycles. The molecule has 2 rings (SSSR count). The Bertz CT molecular complexity index is 507.